The fraction of sp³-hybridized carbons (Fsp3) is 0.700. The zero-order chi connectivity index (χ0) is 12.6. The van der Waals surface area contributed by atoms with E-state index in [0.717, 1.165) is 5.69 Å². The van der Waals surface area contributed by atoms with Gasteiger partial charge in [0.15, 0.2) is 4.77 Å². The number of hydrogen-bond donors (Lipinski definition) is 1. The van der Waals surface area contributed by atoms with E-state index in [1.165, 1.54) is 6.26 Å². The van der Waals surface area contributed by atoms with Crippen LogP contribution in [0.4, 0.5) is 0 Å². The Morgan fingerprint density at radius 2 is 2.00 bits per heavy atom. The SMILES string of the molecule is CC(C)(C)c1c[nH]c(=S)n1CCS(C)(=O)=O. The van der Waals surface area contributed by atoms with Crippen molar-refractivity contribution < 1.29 is 8.42 Å². The minimum Gasteiger partial charge on any atom is -0.337 e. The Balaban J connectivity index is 3.05. The fourth-order valence-electron chi connectivity index (χ4n) is 1.50. The van der Waals surface area contributed by atoms with Crippen LogP contribution in [-0.2, 0) is 21.8 Å². The summed E-state index contributed by atoms with van der Waals surface area (Å²) in [6.07, 6.45) is 3.09. The molecule has 0 radical (unpaired) electrons. The van der Waals surface area contributed by atoms with Crippen LogP contribution in [0, 0.1) is 4.77 Å². The number of rotatable bonds is 3. The zero-order valence-corrected chi connectivity index (χ0v) is 11.7. The third-order valence-electron chi connectivity index (χ3n) is 2.32. The van der Waals surface area contributed by atoms with Crippen molar-refractivity contribution in [2.24, 2.45) is 0 Å². The van der Waals surface area contributed by atoms with Crippen LogP contribution in [0.5, 0.6) is 0 Å². The summed E-state index contributed by atoms with van der Waals surface area (Å²) in [5.74, 6) is 0.113. The largest absolute Gasteiger partial charge is 0.337 e. The molecule has 0 amide bonds. The molecule has 0 fully saturated rings. The molecule has 0 bridgehead atoms. The van der Waals surface area contributed by atoms with Crippen molar-refractivity contribution in [3.63, 3.8) is 0 Å². The van der Waals surface area contributed by atoms with Crippen molar-refractivity contribution >= 4 is 22.1 Å². The third-order valence-corrected chi connectivity index (χ3v) is 3.58. The van der Waals surface area contributed by atoms with E-state index in [1.54, 1.807) is 0 Å². The summed E-state index contributed by atoms with van der Waals surface area (Å²) >= 11 is 5.14. The molecular formula is C10H18N2O2S2. The average molecular weight is 262 g/mol. The number of hydrogen-bond acceptors (Lipinski definition) is 3. The van der Waals surface area contributed by atoms with Gasteiger partial charge in [-0.25, -0.2) is 8.42 Å². The lowest BCUT2D eigenvalue weighted by Crippen LogP contribution is -2.20. The third kappa shape index (κ3) is 3.45. The lowest BCUT2D eigenvalue weighted by Gasteiger charge is -2.20. The van der Waals surface area contributed by atoms with E-state index in [-0.39, 0.29) is 11.2 Å². The summed E-state index contributed by atoms with van der Waals surface area (Å²) in [6.45, 7) is 6.62. The number of aromatic amines is 1. The smallest absolute Gasteiger partial charge is 0.177 e. The topological polar surface area (TPSA) is 54.9 Å². The van der Waals surface area contributed by atoms with Gasteiger partial charge in [0.25, 0.3) is 0 Å². The maximum absolute atomic E-state index is 11.1. The van der Waals surface area contributed by atoms with Crippen LogP contribution in [0.1, 0.15) is 26.5 Å². The van der Waals surface area contributed by atoms with Gasteiger partial charge in [-0.3, -0.25) is 0 Å². The quantitative estimate of drug-likeness (QED) is 0.846. The highest BCUT2D eigenvalue weighted by molar-refractivity contribution is 7.90. The Morgan fingerprint density at radius 3 is 2.44 bits per heavy atom. The highest BCUT2D eigenvalue weighted by atomic mass is 32.2. The first kappa shape index (κ1) is 13.4. The van der Waals surface area contributed by atoms with E-state index in [1.807, 2.05) is 10.8 Å². The van der Waals surface area contributed by atoms with Crippen LogP contribution in [0.3, 0.4) is 0 Å². The van der Waals surface area contributed by atoms with E-state index in [0.29, 0.717) is 11.3 Å². The summed E-state index contributed by atoms with van der Waals surface area (Å²) in [5, 5.41) is 0. The summed E-state index contributed by atoms with van der Waals surface area (Å²) < 4.78 is 24.7. The summed E-state index contributed by atoms with van der Waals surface area (Å²) in [4.78, 5) is 2.96. The predicted molar refractivity (Wildman–Crippen MR) is 68.0 cm³/mol. The number of H-pyrrole nitrogens is 1. The first-order chi connectivity index (χ1) is 7.11. The Morgan fingerprint density at radius 1 is 1.44 bits per heavy atom. The van der Waals surface area contributed by atoms with Crippen LogP contribution >= 0.6 is 12.2 Å². The van der Waals surface area contributed by atoms with Gasteiger partial charge in [-0.15, -0.1) is 0 Å². The second-order valence-electron chi connectivity index (χ2n) is 5.01. The number of nitrogens with one attached hydrogen (secondary N) is 1. The van der Waals surface area contributed by atoms with Crippen LogP contribution in [-0.4, -0.2) is 30.0 Å². The van der Waals surface area contributed by atoms with Gasteiger partial charge in [0.05, 0.1) is 5.75 Å². The number of imidazole rings is 1. The Kier molecular flexibility index (Phi) is 3.64. The molecule has 1 N–H and O–H groups in total. The molecule has 4 nitrogen and oxygen atoms in total. The molecule has 0 unspecified atom stereocenters. The normalized spacial score (nSPS) is 13.0. The van der Waals surface area contributed by atoms with Crippen molar-refractivity contribution in [2.75, 3.05) is 12.0 Å². The van der Waals surface area contributed by atoms with Crippen molar-refractivity contribution in [2.45, 2.75) is 32.7 Å². The maximum atomic E-state index is 11.1. The van der Waals surface area contributed by atoms with E-state index < -0.39 is 9.84 Å². The monoisotopic (exact) mass is 262 g/mol. The molecule has 0 aliphatic carbocycles. The molecule has 0 aliphatic rings. The van der Waals surface area contributed by atoms with Gasteiger partial charge >= 0.3 is 0 Å². The fourth-order valence-corrected chi connectivity index (χ4v) is 2.26. The second kappa shape index (κ2) is 4.33. The first-order valence-electron chi connectivity index (χ1n) is 5.08. The molecule has 0 aromatic carbocycles. The van der Waals surface area contributed by atoms with Gasteiger partial charge in [0.1, 0.15) is 9.84 Å². The molecule has 1 aromatic rings. The average Bonchev–Trinajstić information content (AvgIpc) is 2.41. The summed E-state index contributed by atoms with van der Waals surface area (Å²) in [6, 6.07) is 0. The number of nitrogens with zero attached hydrogens (tertiary/aromatic N) is 1. The molecular weight excluding hydrogens is 244 g/mol. The van der Waals surface area contributed by atoms with Gasteiger partial charge in [-0.2, -0.15) is 0 Å². The minimum atomic E-state index is -2.96. The molecule has 0 atom stereocenters. The molecule has 92 valence electrons. The molecule has 0 saturated carbocycles. The summed E-state index contributed by atoms with van der Waals surface area (Å²) in [5.41, 5.74) is 0.978. The second-order valence-corrected chi connectivity index (χ2v) is 7.66. The van der Waals surface area contributed by atoms with E-state index in [2.05, 4.69) is 25.8 Å². The van der Waals surface area contributed by atoms with E-state index in [4.69, 9.17) is 12.2 Å². The molecule has 0 aliphatic heterocycles. The molecule has 16 heavy (non-hydrogen) atoms. The van der Waals surface area contributed by atoms with Crippen LogP contribution < -0.4 is 0 Å². The molecule has 6 heteroatoms. The van der Waals surface area contributed by atoms with Crippen molar-refractivity contribution in [3.8, 4) is 0 Å². The molecule has 0 spiro atoms. The standard InChI is InChI=1S/C10H18N2O2S2/c1-10(2,3)8-7-11-9(15)12(8)5-6-16(4,13)14/h7H,5-6H2,1-4H3,(H,11,15). The lowest BCUT2D eigenvalue weighted by molar-refractivity contribution is 0.521. The highest BCUT2D eigenvalue weighted by Crippen LogP contribution is 2.22. The zero-order valence-electron chi connectivity index (χ0n) is 10.1. The molecule has 1 aromatic heterocycles. The van der Waals surface area contributed by atoms with E-state index >= 15 is 0 Å². The van der Waals surface area contributed by atoms with Gasteiger partial charge in [0.2, 0.25) is 0 Å². The number of sulfone groups is 1. The Labute approximate surface area is 102 Å². The predicted octanol–water partition coefficient (Wildman–Crippen LogP) is 1.89. The highest BCUT2D eigenvalue weighted by Gasteiger charge is 2.19. The Hall–Kier alpha value is -0.620. The van der Waals surface area contributed by atoms with Crippen LogP contribution in [0.25, 0.3) is 0 Å². The first-order valence-corrected chi connectivity index (χ1v) is 7.54. The van der Waals surface area contributed by atoms with Crippen molar-refractivity contribution in [1.82, 2.24) is 9.55 Å². The lowest BCUT2D eigenvalue weighted by atomic mass is 9.93. The molecule has 0 saturated heterocycles. The number of aromatic nitrogens is 2. The maximum Gasteiger partial charge on any atom is 0.177 e. The molecule has 1 rings (SSSR count). The van der Waals surface area contributed by atoms with Crippen molar-refractivity contribution in [3.05, 3.63) is 16.7 Å². The minimum absolute atomic E-state index is 0.0505. The van der Waals surface area contributed by atoms with Gasteiger partial charge in [-0.05, 0) is 12.2 Å². The van der Waals surface area contributed by atoms with E-state index in [9.17, 15) is 8.42 Å². The van der Waals surface area contributed by atoms with Crippen LogP contribution in [0.15, 0.2) is 6.20 Å². The van der Waals surface area contributed by atoms with Crippen molar-refractivity contribution in [1.29, 1.82) is 0 Å². The van der Waals surface area contributed by atoms with Crippen LogP contribution in [0.2, 0.25) is 0 Å². The van der Waals surface area contributed by atoms with Gasteiger partial charge in [-0.1, -0.05) is 20.8 Å². The van der Waals surface area contributed by atoms with Gasteiger partial charge in [0, 0.05) is 30.1 Å². The Bertz CT molecular complexity index is 518. The molecule has 1 heterocycles. The van der Waals surface area contributed by atoms with Gasteiger partial charge < -0.3 is 9.55 Å². The summed E-state index contributed by atoms with van der Waals surface area (Å²) in [7, 11) is -2.96.